The van der Waals surface area contributed by atoms with Crippen molar-refractivity contribution in [3.8, 4) is 0 Å². The van der Waals surface area contributed by atoms with Crippen molar-refractivity contribution in [3.63, 3.8) is 0 Å². The molecule has 1 atom stereocenters. The smallest absolute Gasteiger partial charge is 0.144 e. The van der Waals surface area contributed by atoms with Gasteiger partial charge in [-0.25, -0.2) is 8.78 Å². The minimum absolute atomic E-state index is 0.0609. The SMILES string of the molecule is Fc1cc(F)c2ccoc2c1C1CCCN1. The Morgan fingerprint density at radius 3 is 2.94 bits per heavy atom. The molecule has 1 fully saturated rings. The topological polar surface area (TPSA) is 25.2 Å². The number of rotatable bonds is 1. The third kappa shape index (κ3) is 1.33. The minimum Gasteiger partial charge on any atom is -0.464 e. The highest BCUT2D eigenvalue weighted by atomic mass is 19.1. The number of furan rings is 1. The van der Waals surface area contributed by atoms with Crippen molar-refractivity contribution in [1.29, 1.82) is 0 Å². The maximum atomic E-state index is 13.8. The van der Waals surface area contributed by atoms with E-state index in [2.05, 4.69) is 5.32 Å². The molecule has 1 aromatic heterocycles. The summed E-state index contributed by atoms with van der Waals surface area (Å²) in [6, 6.07) is 2.41. The summed E-state index contributed by atoms with van der Waals surface area (Å²) in [6.07, 6.45) is 3.26. The number of halogens is 2. The molecule has 0 spiro atoms. The van der Waals surface area contributed by atoms with Crippen LogP contribution in [0.1, 0.15) is 24.4 Å². The van der Waals surface area contributed by atoms with E-state index in [1.165, 1.54) is 12.3 Å². The molecule has 1 saturated heterocycles. The van der Waals surface area contributed by atoms with E-state index in [0.29, 0.717) is 16.5 Å². The number of hydrogen-bond acceptors (Lipinski definition) is 2. The van der Waals surface area contributed by atoms with Gasteiger partial charge in [0, 0.05) is 17.7 Å². The van der Waals surface area contributed by atoms with Crippen LogP contribution in [0.25, 0.3) is 11.0 Å². The van der Waals surface area contributed by atoms with Gasteiger partial charge >= 0.3 is 0 Å². The second-order valence-electron chi connectivity index (χ2n) is 4.07. The maximum Gasteiger partial charge on any atom is 0.144 e. The van der Waals surface area contributed by atoms with Crippen LogP contribution in [0.2, 0.25) is 0 Å². The average molecular weight is 223 g/mol. The molecular weight excluding hydrogens is 212 g/mol. The summed E-state index contributed by atoms with van der Waals surface area (Å²) in [5, 5.41) is 3.54. The van der Waals surface area contributed by atoms with Crippen LogP contribution in [0.4, 0.5) is 8.78 Å². The molecule has 3 rings (SSSR count). The fraction of sp³-hybridized carbons (Fsp3) is 0.333. The molecule has 2 heterocycles. The summed E-state index contributed by atoms with van der Waals surface area (Å²) in [7, 11) is 0. The number of hydrogen-bond donors (Lipinski definition) is 1. The highest BCUT2D eigenvalue weighted by molar-refractivity contribution is 5.81. The van der Waals surface area contributed by atoms with Crippen molar-refractivity contribution in [2.75, 3.05) is 6.54 Å². The number of nitrogens with one attached hydrogen (secondary N) is 1. The second kappa shape index (κ2) is 3.56. The van der Waals surface area contributed by atoms with E-state index in [-0.39, 0.29) is 6.04 Å². The van der Waals surface area contributed by atoms with E-state index in [4.69, 9.17) is 4.42 Å². The van der Waals surface area contributed by atoms with Crippen molar-refractivity contribution in [1.82, 2.24) is 5.32 Å². The Bertz CT molecular complexity index is 529. The summed E-state index contributed by atoms with van der Waals surface area (Å²) in [5.41, 5.74) is 0.788. The molecule has 84 valence electrons. The fourth-order valence-corrected chi connectivity index (χ4v) is 2.34. The van der Waals surface area contributed by atoms with Crippen LogP contribution >= 0.6 is 0 Å². The average Bonchev–Trinajstić information content (AvgIpc) is 2.86. The van der Waals surface area contributed by atoms with Gasteiger partial charge in [0.05, 0.1) is 11.6 Å². The quantitative estimate of drug-likeness (QED) is 0.803. The molecule has 4 heteroatoms. The Kier molecular flexibility index (Phi) is 2.17. The Labute approximate surface area is 91.2 Å². The first-order chi connectivity index (χ1) is 7.77. The van der Waals surface area contributed by atoms with Gasteiger partial charge in [-0.2, -0.15) is 0 Å². The summed E-state index contributed by atoms with van der Waals surface area (Å²) >= 11 is 0. The predicted octanol–water partition coefficient (Wildman–Crippen LogP) is 3.14. The van der Waals surface area contributed by atoms with Gasteiger partial charge < -0.3 is 9.73 Å². The molecule has 1 aromatic carbocycles. The van der Waals surface area contributed by atoms with Crippen LogP contribution in [0.3, 0.4) is 0 Å². The zero-order valence-corrected chi connectivity index (χ0v) is 8.59. The molecule has 1 N–H and O–H groups in total. The lowest BCUT2D eigenvalue weighted by molar-refractivity contribution is 0.529. The lowest BCUT2D eigenvalue weighted by Gasteiger charge is -2.12. The molecule has 0 bridgehead atoms. The van der Waals surface area contributed by atoms with Crippen molar-refractivity contribution >= 4 is 11.0 Å². The number of benzene rings is 1. The molecule has 0 radical (unpaired) electrons. The van der Waals surface area contributed by atoms with Crippen molar-refractivity contribution < 1.29 is 13.2 Å². The van der Waals surface area contributed by atoms with Crippen molar-refractivity contribution in [2.24, 2.45) is 0 Å². The highest BCUT2D eigenvalue weighted by Crippen LogP contribution is 2.33. The largest absolute Gasteiger partial charge is 0.464 e. The van der Waals surface area contributed by atoms with E-state index in [1.54, 1.807) is 0 Å². The molecule has 1 unspecified atom stereocenters. The van der Waals surface area contributed by atoms with Gasteiger partial charge in [0.15, 0.2) is 0 Å². The van der Waals surface area contributed by atoms with Crippen LogP contribution < -0.4 is 5.32 Å². The van der Waals surface area contributed by atoms with Crippen LogP contribution in [-0.4, -0.2) is 6.54 Å². The summed E-state index contributed by atoms with van der Waals surface area (Å²) in [4.78, 5) is 0. The zero-order chi connectivity index (χ0) is 11.1. The molecule has 0 amide bonds. The van der Waals surface area contributed by atoms with Gasteiger partial charge in [0.2, 0.25) is 0 Å². The third-order valence-corrected chi connectivity index (χ3v) is 3.09. The van der Waals surface area contributed by atoms with Crippen LogP contribution in [-0.2, 0) is 0 Å². The van der Waals surface area contributed by atoms with Crippen molar-refractivity contribution in [2.45, 2.75) is 18.9 Å². The Morgan fingerprint density at radius 1 is 1.31 bits per heavy atom. The summed E-state index contributed by atoms with van der Waals surface area (Å²) < 4.78 is 32.4. The monoisotopic (exact) mass is 223 g/mol. The van der Waals surface area contributed by atoms with Crippen molar-refractivity contribution in [3.05, 3.63) is 35.6 Å². The van der Waals surface area contributed by atoms with Gasteiger partial charge in [-0.15, -0.1) is 0 Å². The highest BCUT2D eigenvalue weighted by Gasteiger charge is 2.25. The van der Waals surface area contributed by atoms with E-state index >= 15 is 0 Å². The number of fused-ring (bicyclic) bond motifs is 1. The third-order valence-electron chi connectivity index (χ3n) is 3.09. The standard InChI is InChI=1S/C12H11F2NO/c13-8-6-9(14)11(10-2-1-4-15-10)12-7(8)3-5-16-12/h3,5-6,10,15H,1-2,4H2. The van der Waals surface area contributed by atoms with Gasteiger partial charge in [0.25, 0.3) is 0 Å². The van der Waals surface area contributed by atoms with E-state index in [0.717, 1.165) is 25.5 Å². The molecule has 16 heavy (non-hydrogen) atoms. The minimum atomic E-state index is -0.567. The normalized spacial score (nSPS) is 20.8. The Morgan fingerprint density at radius 2 is 2.19 bits per heavy atom. The van der Waals surface area contributed by atoms with E-state index in [9.17, 15) is 8.78 Å². The molecule has 0 aliphatic carbocycles. The lowest BCUT2D eigenvalue weighted by atomic mass is 10.0. The molecule has 2 nitrogen and oxygen atoms in total. The van der Waals surface area contributed by atoms with Crippen LogP contribution in [0.5, 0.6) is 0 Å². The molecule has 2 aromatic rings. The van der Waals surface area contributed by atoms with Gasteiger partial charge in [-0.1, -0.05) is 0 Å². The predicted molar refractivity (Wildman–Crippen MR) is 56.1 cm³/mol. The van der Waals surface area contributed by atoms with Gasteiger partial charge in [0.1, 0.15) is 17.2 Å². The van der Waals surface area contributed by atoms with Crippen LogP contribution in [0.15, 0.2) is 22.8 Å². The first-order valence-corrected chi connectivity index (χ1v) is 5.36. The Balaban J connectivity index is 2.25. The molecule has 1 aliphatic heterocycles. The first-order valence-electron chi connectivity index (χ1n) is 5.36. The maximum absolute atomic E-state index is 13.8. The summed E-state index contributed by atoms with van der Waals surface area (Å²) in [5.74, 6) is -1.10. The van der Waals surface area contributed by atoms with Crippen LogP contribution in [0, 0.1) is 11.6 Å². The second-order valence-corrected chi connectivity index (χ2v) is 4.07. The zero-order valence-electron chi connectivity index (χ0n) is 8.59. The van der Waals surface area contributed by atoms with Gasteiger partial charge in [-0.05, 0) is 25.5 Å². The molecule has 0 saturated carbocycles. The molecular formula is C12H11F2NO. The first kappa shape index (κ1) is 9.78. The lowest BCUT2D eigenvalue weighted by Crippen LogP contribution is -2.14. The van der Waals surface area contributed by atoms with E-state index in [1.807, 2.05) is 0 Å². The van der Waals surface area contributed by atoms with E-state index < -0.39 is 11.6 Å². The molecule has 1 aliphatic rings. The Hall–Kier alpha value is -1.42. The summed E-state index contributed by atoms with van der Waals surface area (Å²) in [6.45, 7) is 0.865. The fourth-order valence-electron chi connectivity index (χ4n) is 2.34. The van der Waals surface area contributed by atoms with Gasteiger partial charge in [-0.3, -0.25) is 0 Å².